The first-order valence-corrected chi connectivity index (χ1v) is 7.31. The van der Waals surface area contributed by atoms with Gasteiger partial charge in [-0.05, 0) is 6.07 Å². The third kappa shape index (κ3) is 1.86. The summed E-state index contributed by atoms with van der Waals surface area (Å²) in [5, 5.41) is 3.59. The number of carbonyl (C=O) groups is 2. The molecule has 0 atom stereocenters. The zero-order valence-electron chi connectivity index (χ0n) is 10.6. The van der Waals surface area contributed by atoms with Crippen LogP contribution in [0.15, 0.2) is 17.6 Å². The quantitative estimate of drug-likeness (QED) is 0.681. The summed E-state index contributed by atoms with van der Waals surface area (Å²) in [7, 11) is 2.69. The summed E-state index contributed by atoms with van der Waals surface area (Å²) in [4.78, 5) is 28.5. The lowest BCUT2D eigenvalue weighted by molar-refractivity contribution is 0.0598. The van der Waals surface area contributed by atoms with Crippen LogP contribution in [0.2, 0.25) is 0 Å². The fourth-order valence-corrected chi connectivity index (χ4v) is 3.84. The highest BCUT2D eigenvalue weighted by molar-refractivity contribution is 7.21. The smallest absolute Gasteiger partial charge is 0.350 e. The molecule has 3 rings (SSSR count). The Hall–Kier alpha value is -1.99. The maximum absolute atomic E-state index is 11.7. The molecule has 0 aliphatic heterocycles. The fraction of sp³-hybridized carbons (Fsp3) is 0.154. The van der Waals surface area contributed by atoms with E-state index in [-0.39, 0.29) is 5.97 Å². The lowest BCUT2D eigenvalue weighted by Crippen LogP contribution is -1.98. The van der Waals surface area contributed by atoms with Gasteiger partial charge in [-0.2, -0.15) is 0 Å². The van der Waals surface area contributed by atoms with E-state index in [1.807, 2.05) is 5.38 Å². The third-order valence-electron chi connectivity index (χ3n) is 2.88. The molecule has 0 aliphatic rings. The van der Waals surface area contributed by atoms with Crippen LogP contribution in [-0.2, 0) is 9.47 Å². The molecule has 0 radical (unpaired) electrons. The second-order valence-corrected chi connectivity index (χ2v) is 5.92. The van der Waals surface area contributed by atoms with Gasteiger partial charge in [0.25, 0.3) is 0 Å². The van der Waals surface area contributed by atoms with Gasteiger partial charge in [0.2, 0.25) is 0 Å². The number of aromatic nitrogens is 1. The molecule has 5 nitrogen and oxygen atoms in total. The van der Waals surface area contributed by atoms with Gasteiger partial charge in [-0.15, -0.1) is 22.7 Å². The average Bonchev–Trinajstić information content (AvgIpc) is 3.08. The van der Waals surface area contributed by atoms with Crippen molar-refractivity contribution in [1.29, 1.82) is 0 Å². The molecule has 0 N–H and O–H groups in total. The van der Waals surface area contributed by atoms with Crippen molar-refractivity contribution in [3.05, 3.63) is 27.4 Å². The minimum atomic E-state index is -0.403. The van der Waals surface area contributed by atoms with Gasteiger partial charge in [0.15, 0.2) is 0 Å². The predicted molar refractivity (Wildman–Crippen MR) is 77.7 cm³/mol. The Morgan fingerprint density at radius 1 is 1.15 bits per heavy atom. The van der Waals surface area contributed by atoms with Gasteiger partial charge in [0, 0.05) is 22.3 Å². The fourth-order valence-electron chi connectivity index (χ4n) is 1.94. The van der Waals surface area contributed by atoms with E-state index in [9.17, 15) is 9.59 Å². The van der Waals surface area contributed by atoms with Crippen LogP contribution in [0.5, 0.6) is 0 Å². The minimum Gasteiger partial charge on any atom is -0.465 e. The Morgan fingerprint density at radius 3 is 2.60 bits per heavy atom. The lowest BCUT2D eigenvalue weighted by Gasteiger charge is -1.96. The van der Waals surface area contributed by atoms with Crippen molar-refractivity contribution in [3.63, 3.8) is 0 Å². The van der Waals surface area contributed by atoms with Gasteiger partial charge in [-0.3, -0.25) is 4.98 Å². The van der Waals surface area contributed by atoms with Crippen molar-refractivity contribution in [1.82, 2.24) is 4.98 Å². The van der Waals surface area contributed by atoms with E-state index in [1.54, 1.807) is 12.3 Å². The predicted octanol–water partition coefficient (Wildman–Crippen LogP) is 3.08. The summed E-state index contributed by atoms with van der Waals surface area (Å²) >= 11 is 2.60. The molecule has 0 unspecified atom stereocenters. The Bertz CT molecular complexity index is 833. The zero-order chi connectivity index (χ0) is 14.3. The van der Waals surface area contributed by atoms with Crippen LogP contribution in [0.3, 0.4) is 0 Å². The number of hydrogen-bond donors (Lipinski definition) is 0. The molecule has 7 heteroatoms. The number of methoxy groups -OCH3 is 2. The molecule has 0 spiro atoms. The van der Waals surface area contributed by atoms with E-state index < -0.39 is 5.97 Å². The zero-order valence-corrected chi connectivity index (χ0v) is 12.3. The summed E-state index contributed by atoms with van der Waals surface area (Å²) in [5.41, 5.74) is 0.601. The van der Waals surface area contributed by atoms with Crippen LogP contribution in [0, 0.1) is 0 Å². The molecule has 102 valence electrons. The van der Waals surface area contributed by atoms with E-state index in [4.69, 9.17) is 9.47 Å². The highest BCUT2D eigenvalue weighted by Gasteiger charge is 2.18. The van der Waals surface area contributed by atoms with Crippen molar-refractivity contribution < 1.29 is 19.1 Å². The molecule has 3 aromatic rings. The number of nitrogens with zero attached hydrogens (tertiary/aromatic N) is 1. The Balaban J connectivity index is 2.26. The second kappa shape index (κ2) is 4.84. The van der Waals surface area contributed by atoms with Gasteiger partial charge in [0.1, 0.15) is 9.75 Å². The van der Waals surface area contributed by atoms with Crippen molar-refractivity contribution in [2.75, 3.05) is 14.2 Å². The molecule has 0 saturated heterocycles. The van der Waals surface area contributed by atoms with E-state index in [1.165, 1.54) is 36.9 Å². The second-order valence-electron chi connectivity index (χ2n) is 3.96. The summed E-state index contributed by atoms with van der Waals surface area (Å²) in [5.74, 6) is -0.775. The van der Waals surface area contributed by atoms with Crippen molar-refractivity contribution in [2.45, 2.75) is 0 Å². The van der Waals surface area contributed by atoms with Gasteiger partial charge in [-0.1, -0.05) is 0 Å². The number of thiophene rings is 2. The van der Waals surface area contributed by atoms with Crippen molar-refractivity contribution in [3.8, 4) is 0 Å². The number of fused-ring (bicyclic) bond motifs is 3. The first kappa shape index (κ1) is 13.0. The van der Waals surface area contributed by atoms with Gasteiger partial charge >= 0.3 is 11.9 Å². The molecular weight excluding hydrogens is 298 g/mol. The van der Waals surface area contributed by atoms with Crippen LogP contribution >= 0.6 is 22.7 Å². The number of pyridine rings is 1. The lowest BCUT2D eigenvalue weighted by atomic mass is 10.2. The molecule has 0 aliphatic carbocycles. The highest BCUT2D eigenvalue weighted by atomic mass is 32.1. The number of rotatable bonds is 2. The van der Waals surface area contributed by atoms with Crippen LogP contribution in [0.1, 0.15) is 19.3 Å². The van der Waals surface area contributed by atoms with Crippen LogP contribution < -0.4 is 0 Å². The Kier molecular flexibility index (Phi) is 3.15. The summed E-state index contributed by atoms with van der Waals surface area (Å²) in [6, 6.07) is 1.77. The van der Waals surface area contributed by atoms with Crippen molar-refractivity contribution in [2.24, 2.45) is 0 Å². The van der Waals surface area contributed by atoms with Gasteiger partial charge in [-0.25, -0.2) is 9.59 Å². The largest absolute Gasteiger partial charge is 0.465 e. The standard InChI is InChI=1S/C13H9NO4S2/c1-17-12(15)8-3-6-7-5-19-11(13(16)18-2)10(7)14-4-9(6)20-8/h3-5H,1-2H3. The topological polar surface area (TPSA) is 65.5 Å². The van der Waals surface area contributed by atoms with E-state index in [0.717, 1.165) is 15.5 Å². The monoisotopic (exact) mass is 307 g/mol. The Morgan fingerprint density at radius 2 is 1.90 bits per heavy atom. The minimum absolute atomic E-state index is 0.372. The molecule has 0 amide bonds. The molecule has 0 fully saturated rings. The first-order chi connectivity index (χ1) is 9.65. The van der Waals surface area contributed by atoms with Gasteiger partial charge < -0.3 is 9.47 Å². The first-order valence-electron chi connectivity index (χ1n) is 5.62. The number of esters is 2. The molecule has 0 bridgehead atoms. The molecular formula is C13H9NO4S2. The number of hydrogen-bond acceptors (Lipinski definition) is 7. The summed E-state index contributed by atoms with van der Waals surface area (Å²) in [6.07, 6.45) is 1.66. The van der Waals surface area contributed by atoms with E-state index >= 15 is 0 Å². The van der Waals surface area contributed by atoms with Gasteiger partial charge in [0.05, 0.1) is 24.4 Å². The summed E-state index contributed by atoms with van der Waals surface area (Å²) in [6.45, 7) is 0. The van der Waals surface area contributed by atoms with Crippen molar-refractivity contribution >= 4 is 55.6 Å². The normalized spacial score (nSPS) is 10.9. The molecule has 3 aromatic heterocycles. The van der Waals surface area contributed by atoms with Crippen LogP contribution in [0.25, 0.3) is 21.0 Å². The van der Waals surface area contributed by atoms with E-state index in [2.05, 4.69) is 4.98 Å². The number of ether oxygens (including phenoxy) is 2. The van der Waals surface area contributed by atoms with Crippen LogP contribution in [0.4, 0.5) is 0 Å². The molecule has 20 heavy (non-hydrogen) atoms. The highest BCUT2D eigenvalue weighted by Crippen LogP contribution is 2.35. The average molecular weight is 307 g/mol. The van der Waals surface area contributed by atoms with Crippen LogP contribution in [-0.4, -0.2) is 31.1 Å². The SMILES string of the molecule is COC(=O)c1cc2c(cnc3c(C(=O)OC)scc32)s1. The molecule has 3 heterocycles. The third-order valence-corrected chi connectivity index (χ3v) is 4.88. The summed E-state index contributed by atoms with van der Waals surface area (Å²) < 4.78 is 10.3. The Labute approximate surface area is 121 Å². The number of carbonyl (C=O) groups excluding carboxylic acids is 2. The molecule has 0 saturated carbocycles. The van der Waals surface area contributed by atoms with E-state index in [0.29, 0.717) is 15.3 Å². The maximum Gasteiger partial charge on any atom is 0.350 e. The maximum atomic E-state index is 11.7. The molecule has 0 aromatic carbocycles.